The minimum Gasteiger partial charge on any atom is -0.453 e. The highest BCUT2D eigenvalue weighted by atomic mass is 16.6. The van der Waals surface area contributed by atoms with Crippen molar-refractivity contribution in [3.05, 3.63) is 22.6 Å². The number of hydrogen-bond donors (Lipinski definition) is 2. The van der Waals surface area contributed by atoms with Gasteiger partial charge in [0.05, 0.1) is 6.61 Å². The molecular weight excluding hydrogens is 216 g/mol. The van der Waals surface area contributed by atoms with Gasteiger partial charge in [-0.1, -0.05) is 0 Å². The minimum atomic E-state index is -0.924. The van der Waals surface area contributed by atoms with E-state index < -0.39 is 30.1 Å². The van der Waals surface area contributed by atoms with Crippen LogP contribution in [0.15, 0.2) is 17.1 Å². The molecule has 1 saturated heterocycles. The van der Waals surface area contributed by atoms with E-state index in [4.69, 9.17) is 14.6 Å². The minimum absolute atomic E-state index is 0.137. The van der Waals surface area contributed by atoms with Crippen molar-refractivity contribution in [3.8, 4) is 6.01 Å². The summed E-state index contributed by atoms with van der Waals surface area (Å²) in [6.07, 6.45) is -1.24. The highest BCUT2D eigenvalue weighted by Gasteiger charge is 2.50. The Morgan fingerprint density at radius 3 is 3.12 bits per heavy atom. The van der Waals surface area contributed by atoms with Gasteiger partial charge in [-0.05, 0) is 0 Å². The predicted octanol–water partition coefficient (Wildman–Crippen LogP) is -1.75. The second kappa shape index (κ2) is 3.27. The summed E-state index contributed by atoms with van der Waals surface area (Å²) in [5.41, 5.74) is -0.403. The summed E-state index contributed by atoms with van der Waals surface area (Å²) in [6.45, 7) is -0.277. The molecule has 2 aliphatic heterocycles. The number of aromatic nitrogens is 2. The molecule has 0 unspecified atom stereocenters. The van der Waals surface area contributed by atoms with Crippen molar-refractivity contribution in [1.82, 2.24) is 9.55 Å². The number of ether oxygens (including phenoxy) is 2. The van der Waals surface area contributed by atoms with Crippen molar-refractivity contribution in [1.29, 1.82) is 0 Å². The van der Waals surface area contributed by atoms with Crippen LogP contribution in [0.2, 0.25) is 0 Å². The zero-order valence-corrected chi connectivity index (χ0v) is 8.18. The van der Waals surface area contributed by atoms with Crippen LogP contribution in [0.5, 0.6) is 6.01 Å². The molecule has 16 heavy (non-hydrogen) atoms. The molecule has 2 aliphatic rings. The van der Waals surface area contributed by atoms with Crippen molar-refractivity contribution in [2.45, 2.75) is 24.5 Å². The lowest BCUT2D eigenvalue weighted by Crippen LogP contribution is -2.34. The van der Waals surface area contributed by atoms with E-state index >= 15 is 0 Å². The van der Waals surface area contributed by atoms with Crippen LogP contribution in [0.3, 0.4) is 0 Å². The molecule has 86 valence electrons. The van der Waals surface area contributed by atoms with E-state index in [0.717, 1.165) is 0 Å². The first kappa shape index (κ1) is 9.76. The van der Waals surface area contributed by atoms with Gasteiger partial charge in [-0.2, -0.15) is 4.98 Å². The maximum atomic E-state index is 11.0. The number of fused-ring (bicyclic) bond motifs is 3. The van der Waals surface area contributed by atoms with Gasteiger partial charge < -0.3 is 19.7 Å². The van der Waals surface area contributed by atoms with Crippen LogP contribution in [-0.2, 0) is 4.74 Å². The third-order valence-electron chi connectivity index (χ3n) is 2.81. The van der Waals surface area contributed by atoms with Crippen molar-refractivity contribution in [2.24, 2.45) is 0 Å². The first-order valence-electron chi connectivity index (χ1n) is 4.91. The first-order chi connectivity index (χ1) is 7.70. The molecule has 1 aromatic rings. The van der Waals surface area contributed by atoms with Crippen molar-refractivity contribution in [3.63, 3.8) is 0 Å². The number of nitrogens with zero attached hydrogens (tertiary/aromatic N) is 2. The summed E-state index contributed by atoms with van der Waals surface area (Å²) < 4.78 is 12.3. The van der Waals surface area contributed by atoms with Gasteiger partial charge in [-0.25, -0.2) is 0 Å². The van der Waals surface area contributed by atoms with Gasteiger partial charge in [0.1, 0.15) is 12.2 Å². The van der Waals surface area contributed by atoms with Crippen molar-refractivity contribution >= 4 is 0 Å². The number of rotatable bonds is 1. The molecule has 0 saturated carbocycles. The second-order valence-corrected chi connectivity index (χ2v) is 3.78. The summed E-state index contributed by atoms with van der Waals surface area (Å²) in [7, 11) is 0. The summed E-state index contributed by atoms with van der Waals surface area (Å²) in [6, 6.07) is 1.43. The molecule has 7 heteroatoms. The van der Waals surface area contributed by atoms with E-state index in [0.29, 0.717) is 0 Å². The maximum absolute atomic E-state index is 11.0. The van der Waals surface area contributed by atoms with E-state index in [1.54, 1.807) is 0 Å². The lowest BCUT2D eigenvalue weighted by Gasteiger charge is -2.13. The average Bonchev–Trinajstić information content (AvgIpc) is 2.75. The van der Waals surface area contributed by atoms with Crippen LogP contribution < -0.4 is 10.3 Å². The number of aliphatic hydroxyl groups is 2. The largest absolute Gasteiger partial charge is 0.453 e. The summed E-state index contributed by atoms with van der Waals surface area (Å²) >= 11 is 0. The Balaban J connectivity index is 1.99. The molecule has 1 aromatic heterocycles. The molecular formula is C9H10N2O5. The SMILES string of the molecule is O=c1ccn2c(n1)O[C@H]1[C@H](O)[C@@H](CO)O[C@@H]12. The van der Waals surface area contributed by atoms with Crippen molar-refractivity contribution < 1.29 is 19.7 Å². The standard InChI is InChI=1S/C9H10N2O5/c12-3-4-6(14)7-8(15-4)11-2-1-5(13)10-9(11)16-7/h1-2,4,6-8,12,14H,3H2/t4-,6-,7+,8+/m1/s1. The molecule has 0 amide bonds. The van der Waals surface area contributed by atoms with Gasteiger partial charge in [0.15, 0.2) is 12.3 Å². The lowest BCUT2D eigenvalue weighted by molar-refractivity contribution is -0.0434. The molecule has 0 radical (unpaired) electrons. The molecule has 0 bridgehead atoms. The summed E-state index contributed by atoms with van der Waals surface area (Å²) in [5.74, 6) is 0. The fourth-order valence-electron chi connectivity index (χ4n) is 2.02. The summed E-state index contributed by atoms with van der Waals surface area (Å²) in [5, 5.41) is 18.7. The number of hydrogen-bond acceptors (Lipinski definition) is 6. The van der Waals surface area contributed by atoms with Crippen LogP contribution in [-0.4, -0.2) is 44.7 Å². The fraction of sp³-hybridized carbons (Fsp3) is 0.556. The zero-order chi connectivity index (χ0) is 11.3. The zero-order valence-electron chi connectivity index (χ0n) is 8.18. The Morgan fingerprint density at radius 2 is 2.38 bits per heavy atom. The van der Waals surface area contributed by atoms with Gasteiger partial charge in [0.2, 0.25) is 0 Å². The normalized spacial score (nSPS) is 35.6. The monoisotopic (exact) mass is 226 g/mol. The molecule has 0 aliphatic carbocycles. The molecule has 2 N–H and O–H groups in total. The van der Waals surface area contributed by atoms with E-state index in [1.807, 2.05) is 0 Å². The molecule has 7 nitrogen and oxygen atoms in total. The molecule has 0 aromatic carbocycles. The van der Waals surface area contributed by atoms with E-state index in [-0.39, 0.29) is 12.6 Å². The van der Waals surface area contributed by atoms with Crippen molar-refractivity contribution in [2.75, 3.05) is 6.61 Å². The highest BCUT2D eigenvalue weighted by Crippen LogP contribution is 2.38. The molecule has 3 rings (SSSR count). The molecule has 3 heterocycles. The Kier molecular flexibility index (Phi) is 2.00. The van der Waals surface area contributed by atoms with Crippen LogP contribution in [0.25, 0.3) is 0 Å². The van der Waals surface area contributed by atoms with Gasteiger partial charge in [0, 0.05) is 12.3 Å². The number of aliphatic hydroxyl groups excluding tert-OH is 2. The third-order valence-corrected chi connectivity index (χ3v) is 2.81. The molecule has 4 atom stereocenters. The van der Waals surface area contributed by atoms with Gasteiger partial charge in [0.25, 0.3) is 5.56 Å². The van der Waals surface area contributed by atoms with E-state index in [1.165, 1.54) is 16.8 Å². The molecule has 0 spiro atoms. The smallest absolute Gasteiger partial charge is 0.302 e. The Labute approximate surface area is 89.9 Å². The van der Waals surface area contributed by atoms with Crippen LogP contribution in [0.4, 0.5) is 0 Å². The van der Waals surface area contributed by atoms with Crippen LogP contribution >= 0.6 is 0 Å². The van der Waals surface area contributed by atoms with Crippen LogP contribution in [0, 0.1) is 0 Å². The Morgan fingerprint density at radius 1 is 1.56 bits per heavy atom. The topological polar surface area (TPSA) is 93.8 Å². The average molecular weight is 226 g/mol. The first-order valence-corrected chi connectivity index (χ1v) is 4.91. The van der Waals surface area contributed by atoms with Gasteiger partial charge in [-0.3, -0.25) is 9.36 Å². The van der Waals surface area contributed by atoms with Crippen LogP contribution in [0.1, 0.15) is 6.23 Å². The fourth-order valence-corrected chi connectivity index (χ4v) is 2.02. The van der Waals surface area contributed by atoms with Gasteiger partial charge in [-0.15, -0.1) is 0 Å². The maximum Gasteiger partial charge on any atom is 0.302 e. The van der Waals surface area contributed by atoms with E-state index in [9.17, 15) is 9.90 Å². The summed E-state index contributed by atoms with van der Waals surface area (Å²) in [4.78, 5) is 14.7. The molecule has 1 fully saturated rings. The van der Waals surface area contributed by atoms with Gasteiger partial charge >= 0.3 is 6.01 Å². The highest BCUT2D eigenvalue weighted by molar-refractivity contribution is 5.10. The lowest BCUT2D eigenvalue weighted by atomic mass is 10.1. The second-order valence-electron chi connectivity index (χ2n) is 3.78. The predicted molar refractivity (Wildman–Crippen MR) is 49.9 cm³/mol. The third kappa shape index (κ3) is 1.19. The Hall–Kier alpha value is -1.44. The quantitative estimate of drug-likeness (QED) is 0.590. The Bertz CT molecular complexity index is 473. The van der Waals surface area contributed by atoms with E-state index in [2.05, 4.69) is 4.98 Å².